The van der Waals surface area contributed by atoms with E-state index in [4.69, 9.17) is 0 Å². The molecule has 0 spiro atoms. The summed E-state index contributed by atoms with van der Waals surface area (Å²) in [6, 6.07) is 11.2. The van der Waals surface area contributed by atoms with Gasteiger partial charge in [0, 0.05) is 17.6 Å². The lowest BCUT2D eigenvalue weighted by atomic mass is 10.1. The van der Waals surface area contributed by atoms with Crippen molar-refractivity contribution in [1.29, 1.82) is 0 Å². The third-order valence-corrected chi connectivity index (χ3v) is 8.66. The van der Waals surface area contributed by atoms with Gasteiger partial charge in [0.1, 0.15) is 0 Å². The van der Waals surface area contributed by atoms with E-state index in [0.717, 1.165) is 6.42 Å². The van der Waals surface area contributed by atoms with Gasteiger partial charge in [-0.1, -0.05) is 25.1 Å². The molecule has 2 atom stereocenters. The number of nitrogens with one attached hydrogen (secondary N) is 3. The smallest absolute Gasteiger partial charge is 0.255 e. The van der Waals surface area contributed by atoms with Crippen LogP contribution in [0.25, 0.3) is 0 Å². The molecule has 0 aromatic heterocycles. The molecule has 2 aromatic rings. The molecule has 11 heteroatoms. The van der Waals surface area contributed by atoms with Crippen molar-refractivity contribution in [2.45, 2.75) is 43.7 Å². The molecule has 1 aliphatic rings. The highest BCUT2D eigenvalue weighted by Gasteiger charge is 2.31. The van der Waals surface area contributed by atoms with Gasteiger partial charge in [-0.25, -0.2) is 21.6 Å². The van der Waals surface area contributed by atoms with Crippen LogP contribution in [0.3, 0.4) is 0 Å². The number of rotatable bonds is 8. The molecule has 0 saturated carbocycles. The van der Waals surface area contributed by atoms with Crippen LogP contribution in [0.5, 0.6) is 0 Å². The second-order valence-electron chi connectivity index (χ2n) is 8.03. The van der Waals surface area contributed by atoms with Crippen LogP contribution in [0.1, 0.15) is 47.4 Å². The van der Waals surface area contributed by atoms with Crippen molar-refractivity contribution in [3.63, 3.8) is 0 Å². The van der Waals surface area contributed by atoms with Gasteiger partial charge in [-0.15, -0.1) is 0 Å². The summed E-state index contributed by atoms with van der Waals surface area (Å²) in [5.41, 5.74) is 0.666. The molecule has 2 aromatic carbocycles. The lowest BCUT2D eigenvalue weighted by molar-refractivity contribution is 0.0940. The Morgan fingerprint density at radius 1 is 1.09 bits per heavy atom. The van der Waals surface area contributed by atoms with Crippen molar-refractivity contribution in [1.82, 2.24) is 10.0 Å². The van der Waals surface area contributed by atoms with E-state index < -0.39 is 31.8 Å². The van der Waals surface area contributed by atoms with Crippen LogP contribution >= 0.6 is 0 Å². The first-order valence-electron chi connectivity index (χ1n) is 10.5. The molecule has 0 bridgehead atoms. The van der Waals surface area contributed by atoms with Gasteiger partial charge in [-0.3, -0.25) is 9.59 Å². The minimum absolute atomic E-state index is 0.0366. The molecule has 0 unspecified atom stereocenters. The monoisotopic (exact) mass is 493 g/mol. The minimum atomic E-state index is -4.02. The zero-order valence-corrected chi connectivity index (χ0v) is 20.0. The molecule has 2 amide bonds. The summed E-state index contributed by atoms with van der Waals surface area (Å²) in [5.74, 6) is -1.22. The summed E-state index contributed by atoms with van der Waals surface area (Å²) < 4.78 is 51.1. The van der Waals surface area contributed by atoms with Gasteiger partial charge in [0.25, 0.3) is 11.8 Å². The highest BCUT2D eigenvalue weighted by molar-refractivity contribution is 7.92. The van der Waals surface area contributed by atoms with E-state index in [0.29, 0.717) is 11.3 Å². The van der Waals surface area contributed by atoms with Gasteiger partial charge in [-0.05, 0) is 50.1 Å². The Balaban J connectivity index is 1.78. The van der Waals surface area contributed by atoms with Crippen molar-refractivity contribution in [2.75, 3.05) is 16.8 Å². The maximum atomic E-state index is 12.8. The maximum Gasteiger partial charge on any atom is 0.255 e. The third-order valence-electron chi connectivity index (χ3n) is 5.37. The minimum Gasteiger partial charge on any atom is -0.350 e. The summed E-state index contributed by atoms with van der Waals surface area (Å²) in [6.07, 6.45) is 0.958. The number of sulfone groups is 1. The molecule has 3 rings (SSSR count). The van der Waals surface area contributed by atoms with E-state index in [9.17, 15) is 26.4 Å². The van der Waals surface area contributed by atoms with Crippen molar-refractivity contribution in [3.8, 4) is 0 Å². The number of para-hydroxylation sites is 1. The molecule has 1 heterocycles. The predicted molar refractivity (Wildman–Crippen MR) is 125 cm³/mol. The van der Waals surface area contributed by atoms with Crippen LogP contribution in [-0.2, 0) is 19.9 Å². The summed E-state index contributed by atoms with van der Waals surface area (Å²) in [4.78, 5) is 25.2. The standard InChI is InChI=1S/C22H27N3O6S2/c1-3-15(2)23-22(27)19-9-4-5-10-20(19)24-21(26)16-7-6-8-18(13-16)33(30,31)25-17-11-12-32(28,29)14-17/h4-10,13,15,17,25H,3,11-12,14H2,1-2H3,(H,23,27)(H,24,26)/t15-,17+/m0/s1. The first-order valence-corrected chi connectivity index (χ1v) is 13.9. The van der Waals surface area contributed by atoms with Gasteiger partial charge in [0.15, 0.2) is 9.84 Å². The topological polar surface area (TPSA) is 139 Å². The van der Waals surface area contributed by atoms with Crippen molar-refractivity contribution in [3.05, 3.63) is 59.7 Å². The Labute approximate surface area is 193 Å². The SMILES string of the molecule is CC[C@H](C)NC(=O)c1ccccc1NC(=O)c1cccc(S(=O)(=O)N[C@@H]2CCS(=O)(=O)C2)c1. The number of carbonyl (C=O) groups is 2. The van der Waals surface area contributed by atoms with Crippen LogP contribution < -0.4 is 15.4 Å². The van der Waals surface area contributed by atoms with Gasteiger partial charge in [-0.2, -0.15) is 0 Å². The van der Waals surface area contributed by atoms with Crippen LogP contribution in [0.4, 0.5) is 5.69 Å². The van der Waals surface area contributed by atoms with Crippen molar-refractivity contribution >= 4 is 37.4 Å². The molecular formula is C22H27N3O6S2. The predicted octanol–water partition coefficient (Wildman–Crippen LogP) is 1.93. The number of sulfonamides is 1. The number of carbonyl (C=O) groups excluding carboxylic acids is 2. The van der Waals surface area contributed by atoms with Gasteiger partial charge in [0.2, 0.25) is 10.0 Å². The Hall–Kier alpha value is -2.76. The maximum absolute atomic E-state index is 12.8. The number of benzene rings is 2. The molecule has 0 radical (unpaired) electrons. The fourth-order valence-corrected chi connectivity index (χ4v) is 6.46. The zero-order chi connectivity index (χ0) is 24.2. The molecular weight excluding hydrogens is 466 g/mol. The average molecular weight is 494 g/mol. The van der Waals surface area contributed by atoms with E-state index in [-0.39, 0.29) is 40.3 Å². The molecule has 3 N–H and O–H groups in total. The normalized spacial score (nSPS) is 18.4. The van der Waals surface area contributed by atoms with E-state index in [1.807, 2.05) is 13.8 Å². The molecule has 178 valence electrons. The van der Waals surface area contributed by atoms with Crippen LogP contribution in [0.15, 0.2) is 53.4 Å². The summed E-state index contributed by atoms with van der Waals surface area (Å²) in [7, 11) is -7.27. The molecule has 33 heavy (non-hydrogen) atoms. The fraction of sp³-hybridized carbons (Fsp3) is 0.364. The molecule has 0 aliphatic carbocycles. The van der Waals surface area contributed by atoms with Gasteiger partial charge in [0.05, 0.1) is 27.7 Å². The second kappa shape index (κ2) is 10.0. The van der Waals surface area contributed by atoms with Crippen LogP contribution in [-0.4, -0.2) is 52.2 Å². The quantitative estimate of drug-likeness (QED) is 0.514. The zero-order valence-electron chi connectivity index (χ0n) is 18.4. The van der Waals surface area contributed by atoms with E-state index in [1.54, 1.807) is 24.3 Å². The molecule has 1 aliphatic heterocycles. The Morgan fingerprint density at radius 2 is 1.82 bits per heavy atom. The summed E-state index contributed by atoms with van der Waals surface area (Å²) in [5, 5.41) is 5.51. The van der Waals surface area contributed by atoms with Crippen LogP contribution in [0, 0.1) is 0 Å². The van der Waals surface area contributed by atoms with Crippen molar-refractivity contribution < 1.29 is 26.4 Å². The second-order valence-corrected chi connectivity index (χ2v) is 12.0. The highest BCUT2D eigenvalue weighted by Crippen LogP contribution is 2.20. The third kappa shape index (κ3) is 6.40. The lowest BCUT2D eigenvalue weighted by Crippen LogP contribution is -2.35. The van der Waals surface area contributed by atoms with E-state index >= 15 is 0 Å². The average Bonchev–Trinajstić information content (AvgIpc) is 3.11. The Kier molecular flexibility index (Phi) is 7.55. The number of amides is 2. The summed E-state index contributed by atoms with van der Waals surface area (Å²) in [6.45, 7) is 3.82. The van der Waals surface area contributed by atoms with Crippen molar-refractivity contribution in [2.24, 2.45) is 0 Å². The lowest BCUT2D eigenvalue weighted by Gasteiger charge is -2.15. The first-order chi connectivity index (χ1) is 15.5. The Morgan fingerprint density at radius 3 is 2.48 bits per heavy atom. The largest absolute Gasteiger partial charge is 0.350 e. The Bertz CT molecular complexity index is 1260. The van der Waals surface area contributed by atoms with Crippen LogP contribution in [0.2, 0.25) is 0 Å². The summed E-state index contributed by atoms with van der Waals surface area (Å²) >= 11 is 0. The molecule has 9 nitrogen and oxygen atoms in total. The number of hydrogen-bond acceptors (Lipinski definition) is 6. The van der Waals surface area contributed by atoms with Gasteiger partial charge >= 0.3 is 0 Å². The molecule has 1 fully saturated rings. The fourth-order valence-electron chi connectivity index (χ4n) is 3.37. The van der Waals surface area contributed by atoms with Gasteiger partial charge < -0.3 is 10.6 Å². The highest BCUT2D eigenvalue weighted by atomic mass is 32.2. The molecule has 1 saturated heterocycles. The van der Waals surface area contributed by atoms with E-state index in [2.05, 4.69) is 15.4 Å². The van der Waals surface area contributed by atoms with E-state index in [1.165, 1.54) is 24.3 Å². The first kappa shape index (κ1) is 24.9. The number of hydrogen-bond donors (Lipinski definition) is 3. The number of anilines is 1.